The van der Waals surface area contributed by atoms with E-state index in [1.165, 1.54) is 22.5 Å². The summed E-state index contributed by atoms with van der Waals surface area (Å²) in [7, 11) is 0. The van der Waals surface area contributed by atoms with Crippen molar-refractivity contribution < 1.29 is 9.53 Å². The molecule has 0 radical (unpaired) electrons. The van der Waals surface area contributed by atoms with Crippen molar-refractivity contribution in [2.24, 2.45) is 0 Å². The third-order valence-corrected chi connectivity index (χ3v) is 7.13. The molecule has 170 valence electrons. The molecule has 1 amide bonds. The minimum Gasteiger partial charge on any atom is -0.489 e. The van der Waals surface area contributed by atoms with Gasteiger partial charge in [-0.1, -0.05) is 34.1 Å². The third kappa shape index (κ3) is 5.54. The summed E-state index contributed by atoms with van der Waals surface area (Å²) in [6, 6.07) is 16.1. The van der Waals surface area contributed by atoms with Crippen LogP contribution in [0.4, 0.5) is 5.69 Å². The highest BCUT2D eigenvalue weighted by Crippen LogP contribution is 2.24. The van der Waals surface area contributed by atoms with Crippen molar-refractivity contribution in [1.29, 1.82) is 0 Å². The van der Waals surface area contributed by atoms with Crippen LogP contribution in [0.25, 0.3) is 0 Å². The first-order valence-corrected chi connectivity index (χ1v) is 12.3. The quantitative estimate of drug-likeness (QED) is 0.289. The van der Waals surface area contributed by atoms with Crippen LogP contribution in [0, 0.1) is 27.7 Å². The molecule has 0 atom stereocenters. The molecule has 0 aliphatic carbocycles. The SMILES string of the molecule is Cc1ccc(OCc2csc(C(=O)Nc3c(C)nn(Cc4ccc(Br)cc4)c3C)c2)cc1C. The summed E-state index contributed by atoms with van der Waals surface area (Å²) in [6.45, 7) is 9.12. The van der Waals surface area contributed by atoms with E-state index in [2.05, 4.69) is 58.4 Å². The van der Waals surface area contributed by atoms with Gasteiger partial charge in [0.05, 0.1) is 28.5 Å². The summed E-state index contributed by atoms with van der Waals surface area (Å²) in [5.41, 5.74) is 7.05. The van der Waals surface area contributed by atoms with Crippen LogP contribution < -0.4 is 10.1 Å². The van der Waals surface area contributed by atoms with E-state index in [4.69, 9.17) is 4.74 Å². The molecule has 2 heterocycles. The lowest BCUT2D eigenvalue weighted by Gasteiger charge is -2.07. The van der Waals surface area contributed by atoms with Gasteiger partial charge in [-0.2, -0.15) is 5.10 Å². The first-order valence-electron chi connectivity index (χ1n) is 10.7. The van der Waals surface area contributed by atoms with Gasteiger partial charge in [-0.15, -0.1) is 11.3 Å². The van der Waals surface area contributed by atoms with Crippen LogP contribution in [0.1, 0.15) is 43.3 Å². The smallest absolute Gasteiger partial charge is 0.265 e. The summed E-state index contributed by atoms with van der Waals surface area (Å²) >= 11 is 4.88. The van der Waals surface area contributed by atoms with E-state index in [9.17, 15) is 4.79 Å². The maximum atomic E-state index is 12.9. The molecular formula is C26H26BrN3O2S. The predicted molar refractivity (Wildman–Crippen MR) is 137 cm³/mol. The molecule has 0 aliphatic rings. The van der Waals surface area contributed by atoms with Crippen molar-refractivity contribution in [3.63, 3.8) is 0 Å². The van der Waals surface area contributed by atoms with Gasteiger partial charge in [0.15, 0.2) is 0 Å². The molecule has 5 nitrogen and oxygen atoms in total. The van der Waals surface area contributed by atoms with E-state index >= 15 is 0 Å². The average molecular weight is 524 g/mol. The number of hydrogen-bond acceptors (Lipinski definition) is 4. The van der Waals surface area contributed by atoms with Crippen molar-refractivity contribution in [2.75, 3.05) is 5.32 Å². The summed E-state index contributed by atoms with van der Waals surface area (Å²) in [5, 5.41) is 9.65. The zero-order chi connectivity index (χ0) is 23.5. The molecule has 0 bridgehead atoms. The Hall–Kier alpha value is -2.90. The first-order chi connectivity index (χ1) is 15.8. The molecule has 4 aromatic rings. The lowest BCUT2D eigenvalue weighted by atomic mass is 10.1. The van der Waals surface area contributed by atoms with Crippen molar-refractivity contribution in [2.45, 2.75) is 40.8 Å². The second kappa shape index (κ2) is 9.93. The first kappa shape index (κ1) is 23.3. The summed E-state index contributed by atoms with van der Waals surface area (Å²) in [4.78, 5) is 13.6. The number of aryl methyl sites for hydroxylation is 3. The Bertz CT molecular complexity index is 1290. The molecule has 33 heavy (non-hydrogen) atoms. The molecule has 2 aromatic carbocycles. The zero-order valence-corrected chi connectivity index (χ0v) is 21.5. The Morgan fingerprint density at radius 3 is 2.52 bits per heavy atom. The predicted octanol–water partition coefficient (Wildman–Crippen LogP) is 6.82. The second-order valence-electron chi connectivity index (χ2n) is 8.14. The van der Waals surface area contributed by atoms with E-state index in [1.54, 1.807) is 0 Å². The van der Waals surface area contributed by atoms with Crippen LogP contribution in [0.3, 0.4) is 0 Å². The van der Waals surface area contributed by atoms with Gasteiger partial charge in [-0.05, 0) is 80.1 Å². The van der Waals surface area contributed by atoms with Crippen LogP contribution in [0.2, 0.25) is 0 Å². The number of nitrogens with zero attached hydrogens (tertiary/aromatic N) is 2. The van der Waals surface area contributed by atoms with Crippen LogP contribution in [0.5, 0.6) is 5.75 Å². The number of hydrogen-bond donors (Lipinski definition) is 1. The van der Waals surface area contributed by atoms with E-state index in [-0.39, 0.29) is 5.91 Å². The molecule has 0 fully saturated rings. The Kier molecular flexibility index (Phi) is 7.00. The minimum atomic E-state index is -0.133. The molecule has 7 heteroatoms. The molecular weight excluding hydrogens is 498 g/mol. The minimum absolute atomic E-state index is 0.133. The lowest BCUT2D eigenvalue weighted by molar-refractivity contribution is 0.103. The van der Waals surface area contributed by atoms with E-state index in [0.29, 0.717) is 18.0 Å². The highest BCUT2D eigenvalue weighted by Gasteiger charge is 2.17. The number of anilines is 1. The van der Waals surface area contributed by atoms with Crippen LogP contribution >= 0.6 is 27.3 Å². The number of carbonyl (C=O) groups is 1. The van der Waals surface area contributed by atoms with Crippen molar-refractivity contribution in [3.05, 3.63) is 96.9 Å². The van der Waals surface area contributed by atoms with Crippen molar-refractivity contribution >= 4 is 38.9 Å². The number of rotatable bonds is 7. The zero-order valence-electron chi connectivity index (χ0n) is 19.1. The second-order valence-corrected chi connectivity index (χ2v) is 9.96. The van der Waals surface area contributed by atoms with Crippen LogP contribution in [-0.2, 0) is 13.2 Å². The monoisotopic (exact) mass is 523 g/mol. The average Bonchev–Trinajstić information content (AvgIpc) is 3.37. The number of amides is 1. The topological polar surface area (TPSA) is 56.1 Å². The normalized spacial score (nSPS) is 10.9. The van der Waals surface area contributed by atoms with E-state index in [0.717, 1.165) is 38.4 Å². The van der Waals surface area contributed by atoms with Gasteiger partial charge in [0.1, 0.15) is 12.4 Å². The molecule has 0 spiro atoms. The number of carbonyl (C=O) groups excluding carboxylic acids is 1. The number of aromatic nitrogens is 2. The fourth-order valence-electron chi connectivity index (χ4n) is 3.51. The Balaban J connectivity index is 1.41. The fraction of sp³-hybridized carbons (Fsp3) is 0.231. The summed E-state index contributed by atoms with van der Waals surface area (Å²) in [6.07, 6.45) is 0. The van der Waals surface area contributed by atoms with Gasteiger partial charge in [0.2, 0.25) is 0 Å². The summed E-state index contributed by atoms with van der Waals surface area (Å²) in [5.74, 6) is 0.701. The Morgan fingerprint density at radius 1 is 1.03 bits per heavy atom. The number of benzene rings is 2. The maximum absolute atomic E-state index is 12.9. The number of ether oxygens (including phenoxy) is 1. The molecule has 0 saturated heterocycles. The van der Waals surface area contributed by atoms with Crippen molar-refractivity contribution in [3.8, 4) is 5.75 Å². The van der Waals surface area contributed by atoms with Gasteiger partial charge in [0, 0.05) is 10.0 Å². The number of halogens is 1. The highest BCUT2D eigenvalue weighted by molar-refractivity contribution is 9.10. The molecule has 1 N–H and O–H groups in total. The Labute approximate surface area is 206 Å². The number of nitrogens with one attached hydrogen (secondary N) is 1. The molecule has 0 saturated carbocycles. The van der Waals surface area contributed by atoms with E-state index < -0.39 is 0 Å². The van der Waals surface area contributed by atoms with Gasteiger partial charge in [0.25, 0.3) is 5.91 Å². The maximum Gasteiger partial charge on any atom is 0.265 e. The van der Waals surface area contributed by atoms with E-state index in [1.807, 2.05) is 54.2 Å². The van der Waals surface area contributed by atoms with Gasteiger partial charge >= 0.3 is 0 Å². The molecule has 2 aromatic heterocycles. The lowest BCUT2D eigenvalue weighted by Crippen LogP contribution is -2.12. The number of thiophene rings is 1. The molecule has 4 rings (SSSR count). The standard InChI is InChI=1S/C26H26BrN3O2S/c1-16-5-10-23(11-17(16)2)32-14-21-12-24(33-15-21)26(31)28-25-18(3)29-30(19(25)4)13-20-6-8-22(27)9-7-20/h5-12,15H,13-14H2,1-4H3,(H,28,31). The van der Waals surface area contributed by atoms with Crippen molar-refractivity contribution in [1.82, 2.24) is 9.78 Å². The van der Waals surface area contributed by atoms with Gasteiger partial charge < -0.3 is 10.1 Å². The third-order valence-electron chi connectivity index (χ3n) is 5.63. The molecule has 0 aliphatic heterocycles. The van der Waals surface area contributed by atoms with Crippen LogP contribution in [0.15, 0.2) is 58.4 Å². The van der Waals surface area contributed by atoms with Gasteiger partial charge in [-0.25, -0.2) is 0 Å². The largest absolute Gasteiger partial charge is 0.489 e. The van der Waals surface area contributed by atoms with Crippen LogP contribution in [-0.4, -0.2) is 15.7 Å². The highest BCUT2D eigenvalue weighted by atomic mass is 79.9. The summed E-state index contributed by atoms with van der Waals surface area (Å²) < 4.78 is 8.87. The molecule has 0 unspecified atom stereocenters. The Morgan fingerprint density at radius 2 is 1.79 bits per heavy atom. The fourth-order valence-corrected chi connectivity index (χ4v) is 4.57. The van der Waals surface area contributed by atoms with Gasteiger partial charge in [-0.3, -0.25) is 9.48 Å².